The van der Waals surface area contributed by atoms with Crippen molar-refractivity contribution in [1.29, 1.82) is 0 Å². The summed E-state index contributed by atoms with van der Waals surface area (Å²) < 4.78 is 5.69. The van der Waals surface area contributed by atoms with Gasteiger partial charge < -0.3 is 10.1 Å². The van der Waals surface area contributed by atoms with Gasteiger partial charge in [-0.05, 0) is 18.8 Å². The van der Waals surface area contributed by atoms with Gasteiger partial charge in [-0.2, -0.15) is 0 Å². The third-order valence-electron chi connectivity index (χ3n) is 2.90. The summed E-state index contributed by atoms with van der Waals surface area (Å²) in [5, 5.41) is 6.82. The van der Waals surface area contributed by atoms with Gasteiger partial charge in [0, 0.05) is 24.9 Å². The zero-order chi connectivity index (χ0) is 12.1. The summed E-state index contributed by atoms with van der Waals surface area (Å²) in [6.07, 6.45) is 3.61. The van der Waals surface area contributed by atoms with Gasteiger partial charge >= 0.3 is 0 Å². The number of rotatable bonds is 5. The average molecular weight is 254 g/mol. The van der Waals surface area contributed by atoms with Crippen LogP contribution in [0.1, 0.15) is 31.0 Å². The van der Waals surface area contributed by atoms with E-state index in [9.17, 15) is 0 Å². The van der Waals surface area contributed by atoms with Gasteiger partial charge in [-0.3, -0.25) is 0 Å². The molecule has 0 amide bonds. The van der Waals surface area contributed by atoms with Crippen molar-refractivity contribution in [3.05, 3.63) is 16.1 Å². The second-order valence-electron chi connectivity index (χ2n) is 5.07. The molecule has 1 N–H and O–H groups in total. The van der Waals surface area contributed by atoms with E-state index >= 15 is 0 Å². The van der Waals surface area contributed by atoms with E-state index in [-0.39, 0.29) is 0 Å². The molecule has 1 aromatic rings. The normalized spacial score (nSPS) is 21.0. The van der Waals surface area contributed by atoms with Crippen molar-refractivity contribution >= 4 is 11.3 Å². The number of hydrogen-bond donors (Lipinski definition) is 1. The van der Waals surface area contributed by atoms with E-state index < -0.39 is 0 Å². The molecule has 2 rings (SSSR count). The third kappa shape index (κ3) is 4.37. The van der Waals surface area contributed by atoms with Gasteiger partial charge in [0.1, 0.15) is 0 Å². The van der Waals surface area contributed by atoms with Crippen LogP contribution in [0.3, 0.4) is 0 Å². The van der Waals surface area contributed by atoms with Gasteiger partial charge in [0.2, 0.25) is 0 Å². The molecular weight excluding hydrogens is 232 g/mol. The Morgan fingerprint density at radius 2 is 2.47 bits per heavy atom. The molecule has 0 saturated carbocycles. The number of nitrogens with one attached hydrogen (secondary N) is 1. The fourth-order valence-corrected chi connectivity index (χ4v) is 2.89. The van der Waals surface area contributed by atoms with Crippen LogP contribution in [0.5, 0.6) is 0 Å². The van der Waals surface area contributed by atoms with Crippen LogP contribution in [-0.2, 0) is 17.6 Å². The lowest BCUT2D eigenvalue weighted by molar-refractivity contribution is 0.0238. The molecule has 4 heteroatoms. The second-order valence-corrected chi connectivity index (χ2v) is 6.01. The van der Waals surface area contributed by atoms with Crippen molar-refractivity contribution in [2.45, 2.75) is 39.2 Å². The zero-order valence-corrected chi connectivity index (χ0v) is 11.6. The van der Waals surface area contributed by atoms with Crippen LogP contribution in [0.2, 0.25) is 0 Å². The zero-order valence-electron chi connectivity index (χ0n) is 10.7. The molecule has 96 valence electrons. The lowest BCUT2D eigenvalue weighted by Crippen LogP contribution is -2.38. The quantitative estimate of drug-likeness (QED) is 0.875. The highest BCUT2D eigenvalue weighted by Crippen LogP contribution is 2.16. The molecule has 2 heterocycles. The van der Waals surface area contributed by atoms with E-state index in [4.69, 9.17) is 4.74 Å². The molecule has 1 atom stereocenters. The molecule has 3 nitrogen and oxygen atoms in total. The summed E-state index contributed by atoms with van der Waals surface area (Å²) in [6, 6.07) is 0. The monoisotopic (exact) mass is 254 g/mol. The van der Waals surface area contributed by atoms with Crippen molar-refractivity contribution in [2.75, 3.05) is 19.7 Å². The summed E-state index contributed by atoms with van der Waals surface area (Å²) in [7, 11) is 0. The van der Waals surface area contributed by atoms with Gasteiger partial charge in [0.15, 0.2) is 0 Å². The standard InChI is InChI=1S/C13H22N2OS/c1-10(2)7-11-9-17-13(15-11)4-3-12-8-14-5-6-16-12/h9-10,12,14H,3-8H2,1-2H3. The summed E-state index contributed by atoms with van der Waals surface area (Å²) in [5.41, 5.74) is 1.25. The molecule has 0 bridgehead atoms. The Morgan fingerprint density at radius 1 is 1.59 bits per heavy atom. The highest BCUT2D eigenvalue weighted by atomic mass is 32.1. The molecule has 0 radical (unpaired) electrons. The maximum atomic E-state index is 5.69. The molecule has 0 spiro atoms. The van der Waals surface area contributed by atoms with E-state index in [0.717, 1.165) is 39.0 Å². The van der Waals surface area contributed by atoms with Gasteiger partial charge in [0.05, 0.1) is 23.4 Å². The van der Waals surface area contributed by atoms with E-state index in [0.29, 0.717) is 12.0 Å². The van der Waals surface area contributed by atoms with Gasteiger partial charge in [-0.15, -0.1) is 11.3 Å². The number of aromatic nitrogens is 1. The van der Waals surface area contributed by atoms with Gasteiger partial charge in [-0.25, -0.2) is 4.98 Å². The Kier molecular flexibility index (Phi) is 4.95. The molecule has 1 aliphatic heterocycles. The molecule has 1 fully saturated rings. The van der Waals surface area contributed by atoms with Crippen molar-refractivity contribution in [3.8, 4) is 0 Å². The minimum Gasteiger partial charge on any atom is -0.376 e. The molecule has 1 aliphatic rings. The smallest absolute Gasteiger partial charge is 0.0929 e. The van der Waals surface area contributed by atoms with Crippen LogP contribution in [0.15, 0.2) is 5.38 Å². The van der Waals surface area contributed by atoms with E-state index in [2.05, 4.69) is 29.5 Å². The number of aryl methyl sites for hydroxylation is 1. The molecule has 17 heavy (non-hydrogen) atoms. The first kappa shape index (κ1) is 13.0. The first-order valence-electron chi connectivity index (χ1n) is 6.49. The first-order chi connectivity index (χ1) is 8.24. The summed E-state index contributed by atoms with van der Waals surface area (Å²) in [6.45, 7) is 7.30. The Morgan fingerprint density at radius 3 is 3.18 bits per heavy atom. The Bertz CT molecular complexity index is 332. The minimum absolute atomic E-state index is 0.376. The van der Waals surface area contributed by atoms with E-state index in [1.165, 1.54) is 10.7 Å². The SMILES string of the molecule is CC(C)Cc1csc(CCC2CNCCO2)n1. The Hall–Kier alpha value is -0.450. The van der Waals surface area contributed by atoms with E-state index in [1.807, 2.05) is 0 Å². The first-order valence-corrected chi connectivity index (χ1v) is 7.37. The van der Waals surface area contributed by atoms with Crippen LogP contribution in [0, 0.1) is 5.92 Å². The summed E-state index contributed by atoms with van der Waals surface area (Å²) in [5.74, 6) is 0.691. The van der Waals surface area contributed by atoms with Crippen LogP contribution in [0.4, 0.5) is 0 Å². The Balaban J connectivity index is 1.76. The molecule has 0 aromatic carbocycles. The molecule has 1 aromatic heterocycles. The minimum atomic E-state index is 0.376. The number of morpholine rings is 1. The van der Waals surface area contributed by atoms with E-state index in [1.54, 1.807) is 11.3 Å². The third-order valence-corrected chi connectivity index (χ3v) is 3.86. The number of hydrogen-bond acceptors (Lipinski definition) is 4. The molecule has 1 saturated heterocycles. The van der Waals surface area contributed by atoms with Crippen LogP contribution < -0.4 is 5.32 Å². The number of nitrogens with zero attached hydrogens (tertiary/aromatic N) is 1. The maximum Gasteiger partial charge on any atom is 0.0929 e. The molecular formula is C13H22N2OS. The maximum absolute atomic E-state index is 5.69. The van der Waals surface area contributed by atoms with Crippen LogP contribution in [-0.4, -0.2) is 30.8 Å². The summed E-state index contributed by atoms with van der Waals surface area (Å²) in [4.78, 5) is 4.68. The lowest BCUT2D eigenvalue weighted by atomic mass is 10.1. The fourth-order valence-electron chi connectivity index (χ4n) is 2.07. The van der Waals surface area contributed by atoms with Gasteiger partial charge in [-0.1, -0.05) is 13.8 Å². The summed E-state index contributed by atoms with van der Waals surface area (Å²) >= 11 is 1.79. The number of thiazole rings is 1. The van der Waals surface area contributed by atoms with Crippen molar-refractivity contribution in [2.24, 2.45) is 5.92 Å². The Labute approximate surface area is 108 Å². The highest BCUT2D eigenvalue weighted by molar-refractivity contribution is 7.09. The van der Waals surface area contributed by atoms with Gasteiger partial charge in [0.25, 0.3) is 0 Å². The van der Waals surface area contributed by atoms with Crippen molar-refractivity contribution in [1.82, 2.24) is 10.3 Å². The topological polar surface area (TPSA) is 34.1 Å². The largest absolute Gasteiger partial charge is 0.376 e. The van der Waals surface area contributed by atoms with Crippen LogP contribution >= 0.6 is 11.3 Å². The highest BCUT2D eigenvalue weighted by Gasteiger charge is 2.14. The molecule has 0 aliphatic carbocycles. The predicted octanol–water partition coefficient (Wildman–Crippen LogP) is 2.26. The number of ether oxygens (including phenoxy) is 1. The fraction of sp³-hybridized carbons (Fsp3) is 0.769. The average Bonchev–Trinajstić information content (AvgIpc) is 2.75. The van der Waals surface area contributed by atoms with Crippen LogP contribution in [0.25, 0.3) is 0 Å². The lowest BCUT2D eigenvalue weighted by Gasteiger charge is -2.23. The van der Waals surface area contributed by atoms with Crippen molar-refractivity contribution in [3.63, 3.8) is 0 Å². The second kappa shape index (κ2) is 6.47. The predicted molar refractivity (Wildman–Crippen MR) is 71.6 cm³/mol. The molecule has 1 unspecified atom stereocenters. The van der Waals surface area contributed by atoms with Crippen molar-refractivity contribution < 1.29 is 4.74 Å².